The summed E-state index contributed by atoms with van der Waals surface area (Å²) < 4.78 is 5.58. The molecule has 0 bridgehead atoms. The highest BCUT2D eigenvalue weighted by molar-refractivity contribution is 5.54. The number of halogens is 1. The van der Waals surface area contributed by atoms with Gasteiger partial charge < -0.3 is 22.3 Å². The summed E-state index contributed by atoms with van der Waals surface area (Å²) in [6.07, 6.45) is 0. The molecule has 0 aliphatic carbocycles. The first-order chi connectivity index (χ1) is 9.26. The summed E-state index contributed by atoms with van der Waals surface area (Å²) >= 11 is 0. The second-order valence-electron chi connectivity index (χ2n) is 3.79. The number of aliphatic hydroxyl groups is 1. The third kappa shape index (κ3) is 3.46. The molecule has 1 N–H and O–H groups in total. The van der Waals surface area contributed by atoms with Gasteiger partial charge in [0.2, 0.25) is 5.39 Å². The van der Waals surface area contributed by atoms with E-state index in [9.17, 15) is 0 Å². The molecule has 0 fully saturated rings. The fourth-order valence-corrected chi connectivity index (χ4v) is 1.58. The maximum Gasteiger partial charge on any atom is 0.390 e. The van der Waals surface area contributed by atoms with E-state index in [0.29, 0.717) is 28.3 Å². The molecule has 0 spiro atoms. The van der Waals surface area contributed by atoms with E-state index < -0.39 is 0 Å². The quantitative estimate of drug-likeness (QED) is 0.825. The Balaban J connectivity index is 0.00000200. The lowest BCUT2D eigenvalue weighted by Crippen LogP contribution is -3.00. The Hall–Kier alpha value is -2.60. The fourth-order valence-electron chi connectivity index (χ4n) is 1.58. The van der Waals surface area contributed by atoms with Gasteiger partial charge in [-0.25, -0.2) is 0 Å². The van der Waals surface area contributed by atoms with Crippen molar-refractivity contribution in [3.8, 4) is 17.6 Å². The van der Waals surface area contributed by atoms with Gasteiger partial charge in [-0.05, 0) is 36.4 Å². The highest BCUT2D eigenvalue weighted by Gasteiger charge is 2.13. The Morgan fingerprint density at radius 2 is 1.75 bits per heavy atom. The first-order valence-corrected chi connectivity index (χ1v) is 5.53. The predicted molar refractivity (Wildman–Crippen MR) is 68.3 cm³/mol. The van der Waals surface area contributed by atoms with Gasteiger partial charge in [0.15, 0.2) is 4.98 Å². The Labute approximate surface area is 122 Å². The molecule has 2 rings (SSSR count). The molecule has 5 nitrogen and oxygen atoms in total. The largest absolute Gasteiger partial charge is 1.00 e. The van der Waals surface area contributed by atoms with Crippen LogP contribution in [0.2, 0.25) is 0 Å². The Bertz CT molecular complexity index is 672. The van der Waals surface area contributed by atoms with Crippen molar-refractivity contribution in [2.75, 3.05) is 0 Å². The van der Waals surface area contributed by atoms with Crippen molar-refractivity contribution in [2.24, 2.45) is 0 Å². The molecule has 0 aliphatic heterocycles. The van der Waals surface area contributed by atoms with Crippen molar-refractivity contribution in [3.05, 3.63) is 58.6 Å². The highest BCUT2D eigenvalue weighted by Crippen LogP contribution is 2.28. The predicted octanol–water partition coefficient (Wildman–Crippen LogP) is 0.331. The zero-order valence-corrected chi connectivity index (χ0v) is 11.1. The van der Waals surface area contributed by atoms with E-state index in [1.54, 1.807) is 42.5 Å². The third-order valence-corrected chi connectivity index (χ3v) is 2.55. The van der Waals surface area contributed by atoms with Crippen molar-refractivity contribution in [1.82, 2.24) is 0 Å². The molecule has 2 aromatic rings. The van der Waals surface area contributed by atoms with E-state index in [0.717, 1.165) is 0 Å². The van der Waals surface area contributed by atoms with Gasteiger partial charge in [0, 0.05) is 6.07 Å². The summed E-state index contributed by atoms with van der Waals surface area (Å²) in [6.45, 7) is -0.246. The SMILES string of the molecule is N#Cc1ccc(Oc2ccc([N+]#N)c(CO)c2)cc1.[Cl-]. The highest BCUT2D eigenvalue weighted by atomic mass is 35.5. The molecule has 6 heteroatoms. The Morgan fingerprint density at radius 1 is 1.10 bits per heavy atom. The maximum atomic E-state index is 9.15. The van der Waals surface area contributed by atoms with Crippen molar-refractivity contribution in [3.63, 3.8) is 0 Å². The third-order valence-electron chi connectivity index (χ3n) is 2.55. The number of hydrogen-bond donors (Lipinski definition) is 1. The fraction of sp³-hybridized carbons (Fsp3) is 0.0714. The van der Waals surface area contributed by atoms with Crippen LogP contribution in [0.1, 0.15) is 11.1 Å². The first-order valence-electron chi connectivity index (χ1n) is 5.53. The number of ether oxygens (including phenoxy) is 1. The monoisotopic (exact) mass is 287 g/mol. The second-order valence-corrected chi connectivity index (χ2v) is 3.79. The molecular weight excluding hydrogens is 278 g/mol. The number of aliphatic hydroxyl groups excluding tert-OH is 1. The van der Waals surface area contributed by atoms with E-state index in [-0.39, 0.29) is 19.0 Å². The minimum atomic E-state index is -0.246. The van der Waals surface area contributed by atoms with Gasteiger partial charge in [-0.15, -0.1) is 0 Å². The van der Waals surface area contributed by atoms with Gasteiger partial charge in [-0.3, -0.25) is 0 Å². The molecule has 100 valence electrons. The van der Waals surface area contributed by atoms with Crippen LogP contribution in [0, 0.1) is 16.7 Å². The minimum absolute atomic E-state index is 0. The van der Waals surface area contributed by atoms with Gasteiger partial charge in [0.05, 0.1) is 23.8 Å². The van der Waals surface area contributed by atoms with E-state index in [2.05, 4.69) is 4.98 Å². The van der Waals surface area contributed by atoms with Crippen LogP contribution in [-0.2, 0) is 6.61 Å². The smallest absolute Gasteiger partial charge is 0.390 e. The van der Waals surface area contributed by atoms with E-state index in [4.69, 9.17) is 20.5 Å². The number of hydrogen-bond acceptors (Lipinski definition) is 4. The van der Waals surface area contributed by atoms with Gasteiger partial charge in [0.25, 0.3) is 0 Å². The Kier molecular flexibility index (Phi) is 5.49. The van der Waals surface area contributed by atoms with Crippen LogP contribution in [0.15, 0.2) is 42.5 Å². The lowest BCUT2D eigenvalue weighted by atomic mass is 10.2. The molecule has 0 unspecified atom stereocenters. The number of rotatable bonds is 3. The molecular formula is C14H10ClN3O2. The summed E-state index contributed by atoms with van der Waals surface area (Å²) in [5.74, 6) is 1.10. The van der Waals surface area contributed by atoms with Crippen LogP contribution < -0.4 is 17.1 Å². The average molecular weight is 288 g/mol. The molecule has 0 heterocycles. The van der Waals surface area contributed by atoms with E-state index in [1.165, 1.54) is 0 Å². The molecule has 0 aromatic heterocycles. The molecule has 0 radical (unpaired) electrons. The first kappa shape index (κ1) is 15.5. The van der Waals surface area contributed by atoms with E-state index in [1.807, 2.05) is 6.07 Å². The van der Waals surface area contributed by atoms with Crippen molar-refractivity contribution in [2.45, 2.75) is 6.61 Å². The lowest BCUT2D eigenvalue weighted by molar-refractivity contribution is -0.00000572. The minimum Gasteiger partial charge on any atom is -1.00 e. The van der Waals surface area contributed by atoms with Gasteiger partial charge in [0.1, 0.15) is 11.5 Å². The average Bonchev–Trinajstić information content (AvgIpc) is 2.48. The maximum absolute atomic E-state index is 9.15. The van der Waals surface area contributed by atoms with Crippen molar-refractivity contribution in [1.29, 1.82) is 10.7 Å². The van der Waals surface area contributed by atoms with Gasteiger partial charge in [-0.1, -0.05) is 0 Å². The number of benzene rings is 2. The zero-order valence-electron chi connectivity index (χ0n) is 10.3. The normalized spacial score (nSPS) is 8.95. The zero-order chi connectivity index (χ0) is 13.7. The summed E-state index contributed by atoms with van der Waals surface area (Å²) in [6, 6.07) is 13.5. The molecule has 2 aromatic carbocycles. The number of nitrogens with zero attached hydrogens (tertiary/aromatic N) is 3. The van der Waals surface area contributed by atoms with Crippen molar-refractivity contribution < 1.29 is 22.3 Å². The summed E-state index contributed by atoms with van der Waals surface area (Å²) in [4.78, 5) is 3.06. The second kappa shape index (κ2) is 7.10. The van der Waals surface area contributed by atoms with Crippen LogP contribution in [0.3, 0.4) is 0 Å². The molecule has 0 saturated carbocycles. The van der Waals surface area contributed by atoms with Crippen molar-refractivity contribution >= 4 is 5.69 Å². The molecule has 0 saturated heterocycles. The lowest BCUT2D eigenvalue weighted by Gasteiger charge is -2.05. The van der Waals surface area contributed by atoms with Crippen LogP contribution in [0.4, 0.5) is 5.69 Å². The molecule has 0 aliphatic rings. The molecule has 0 atom stereocenters. The molecule has 20 heavy (non-hydrogen) atoms. The standard InChI is InChI=1S/C14H10N3O2.ClH/c15-8-10-1-3-12(4-2-10)19-13-5-6-14(17-16)11(7-13)9-18;/h1-7,18H,9H2;1H/q+1;/p-1. The van der Waals surface area contributed by atoms with E-state index >= 15 is 0 Å². The van der Waals surface area contributed by atoms with Crippen LogP contribution in [0.25, 0.3) is 4.98 Å². The van der Waals surface area contributed by atoms with Crippen LogP contribution >= 0.6 is 0 Å². The summed E-state index contributed by atoms with van der Waals surface area (Å²) in [7, 11) is 0. The van der Waals surface area contributed by atoms with Crippen LogP contribution in [-0.4, -0.2) is 5.11 Å². The number of nitriles is 1. The summed E-state index contributed by atoms with van der Waals surface area (Å²) in [5, 5.41) is 26.6. The van der Waals surface area contributed by atoms with Crippen LogP contribution in [0.5, 0.6) is 11.5 Å². The molecule has 0 amide bonds. The van der Waals surface area contributed by atoms with Gasteiger partial charge >= 0.3 is 5.69 Å². The topological polar surface area (TPSA) is 81.4 Å². The number of diazo groups is 1. The van der Waals surface area contributed by atoms with Gasteiger partial charge in [-0.2, -0.15) is 5.26 Å². The Morgan fingerprint density at radius 3 is 2.30 bits per heavy atom. The summed E-state index contributed by atoms with van der Waals surface area (Å²) in [5.41, 5.74) is 1.32.